The third kappa shape index (κ3) is 2.40. The molecule has 4 nitrogen and oxygen atoms in total. The molecule has 0 bridgehead atoms. The topological polar surface area (TPSA) is 56.7 Å². The van der Waals surface area contributed by atoms with Gasteiger partial charge in [-0.2, -0.15) is 0 Å². The Morgan fingerprint density at radius 2 is 2.12 bits per heavy atom. The maximum atomic E-state index is 5.59. The summed E-state index contributed by atoms with van der Waals surface area (Å²) in [7, 11) is 0. The summed E-state index contributed by atoms with van der Waals surface area (Å²) in [5, 5.41) is 0. The largest absolute Gasteiger partial charge is 0.326 e. The molecule has 0 atom stereocenters. The molecule has 0 amide bonds. The smallest absolute Gasteiger partial charge is 0.138 e. The van der Waals surface area contributed by atoms with Gasteiger partial charge in [0.1, 0.15) is 11.6 Å². The van der Waals surface area contributed by atoms with E-state index in [0.29, 0.717) is 6.54 Å². The van der Waals surface area contributed by atoms with E-state index in [2.05, 4.69) is 9.97 Å². The number of imidazole rings is 1. The summed E-state index contributed by atoms with van der Waals surface area (Å²) in [5.41, 5.74) is 7.66. The molecule has 0 radical (unpaired) electrons. The number of nitrogens with two attached hydrogens (primary N) is 1. The lowest BCUT2D eigenvalue weighted by Gasteiger charge is -2.04. The second-order valence-corrected chi connectivity index (χ2v) is 3.53. The first-order valence-corrected chi connectivity index (χ1v) is 4.88. The fourth-order valence-corrected chi connectivity index (χ4v) is 1.57. The molecule has 2 aromatic rings. The Hall–Kier alpha value is -1.39. The minimum absolute atomic E-state index is 0. The number of aromatic nitrogens is 3. The summed E-state index contributed by atoms with van der Waals surface area (Å²) >= 11 is 0. The van der Waals surface area contributed by atoms with Crippen molar-refractivity contribution in [2.45, 2.75) is 20.4 Å². The van der Waals surface area contributed by atoms with Crippen molar-refractivity contribution in [3.05, 3.63) is 41.6 Å². The van der Waals surface area contributed by atoms with Crippen LogP contribution in [0.25, 0.3) is 5.82 Å². The molecule has 0 aliphatic heterocycles. The van der Waals surface area contributed by atoms with Crippen LogP contribution in [0.3, 0.4) is 0 Å². The van der Waals surface area contributed by atoms with Gasteiger partial charge in [0.25, 0.3) is 0 Å². The van der Waals surface area contributed by atoms with Gasteiger partial charge in [0, 0.05) is 18.9 Å². The lowest BCUT2D eigenvalue weighted by Crippen LogP contribution is -2.02. The van der Waals surface area contributed by atoms with Crippen LogP contribution in [0.2, 0.25) is 0 Å². The van der Waals surface area contributed by atoms with Gasteiger partial charge in [-0.05, 0) is 31.5 Å². The van der Waals surface area contributed by atoms with Crippen molar-refractivity contribution in [2.24, 2.45) is 5.73 Å². The van der Waals surface area contributed by atoms with Crippen molar-refractivity contribution in [3.8, 4) is 5.82 Å². The molecule has 2 N–H and O–H groups in total. The molecule has 16 heavy (non-hydrogen) atoms. The molecule has 2 rings (SSSR count). The van der Waals surface area contributed by atoms with Crippen molar-refractivity contribution < 1.29 is 0 Å². The first kappa shape index (κ1) is 12.7. The van der Waals surface area contributed by atoms with Gasteiger partial charge >= 0.3 is 0 Å². The summed E-state index contributed by atoms with van der Waals surface area (Å²) in [5.74, 6) is 1.81. The molecule has 5 heteroatoms. The SMILES string of the molecule is Cc1cn(-c2cc(CN)ccn2)c(C)n1.Cl. The third-order valence-electron chi connectivity index (χ3n) is 2.30. The van der Waals surface area contributed by atoms with E-state index in [0.717, 1.165) is 22.9 Å². The zero-order chi connectivity index (χ0) is 10.8. The van der Waals surface area contributed by atoms with E-state index in [1.54, 1.807) is 6.20 Å². The number of aryl methyl sites for hydroxylation is 2. The Bertz CT molecular complexity index is 479. The van der Waals surface area contributed by atoms with Crippen molar-refractivity contribution in [2.75, 3.05) is 0 Å². The second kappa shape index (κ2) is 5.09. The predicted molar refractivity (Wildman–Crippen MR) is 66.0 cm³/mol. The van der Waals surface area contributed by atoms with Crippen LogP contribution in [0.1, 0.15) is 17.1 Å². The highest BCUT2D eigenvalue weighted by Gasteiger charge is 2.04. The van der Waals surface area contributed by atoms with Gasteiger partial charge in [-0.15, -0.1) is 12.4 Å². The Kier molecular flexibility index (Phi) is 4.04. The molecule has 0 spiro atoms. The summed E-state index contributed by atoms with van der Waals surface area (Å²) in [6.45, 7) is 4.46. The van der Waals surface area contributed by atoms with Crippen LogP contribution in [0.5, 0.6) is 0 Å². The zero-order valence-corrected chi connectivity index (χ0v) is 10.2. The molecule has 2 aromatic heterocycles. The van der Waals surface area contributed by atoms with Gasteiger partial charge in [0.15, 0.2) is 0 Å². The molecule has 86 valence electrons. The van der Waals surface area contributed by atoms with Crippen molar-refractivity contribution >= 4 is 12.4 Å². The molecule has 0 aromatic carbocycles. The monoisotopic (exact) mass is 238 g/mol. The number of halogens is 1. The first-order chi connectivity index (χ1) is 7.20. The molecular weight excluding hydrogens is 224 g/mol. The number of pyridine rings is 1. The Labute approximate surface area is 101 Å². The lowest BCUT2D eigenvalue weighted by atomic mass is 10.2. The van der Waals surface area contributed by atoms with Gasteiger partial charge in [-0.3, -0.25) is 4.57 Å². The van der Waals surface area contributed by atoms with Crippen LogP contribution in [-0.4, -0.2) is 14.5 Å². The van der Waals surface area contributed by atoms with Crippen molar-refractivity contribution in [3.63, 3.8) is 0 Å². The minimum atomic E-state index is 0. The molecule has 0 saturated carbocycles. The highest BCUT2D eigenvalue weighted by Crippen LogP contribution is 2.10. The first-order valence-electron chi connectivity index (χ1n) is 4.88. The number of hydrogen-bond acceptors (Lipinski definition) is 3. The van der Waals surface area contributed by atoms with E-state index in [4.69, 9.17) is 5.73 Å². The van der Waals surface area contributed by atoms with E-state index >= 15 is 0 Å². The summed E-state index contributed by atoms with van der Waals surface area (Å²) in [6.07, 6.45) is 3.74. The summed E-state index contributed by atoms with van der Waals surface area (Å²) < 4.78 is 1.97. The van der Waals surface area contributed by atoms with E-state index in [-0.39, 0.29) is 12.4 Å². The van der Waals surface area contributed by atoms with Crippen LogP contribution < -0.4 is 5.73 Å². The standard InChI is InChI=1S/C11H14N4.ClH/c1-8-7-15(9(2)14-8)11-5-10(6-12)3-4-13-11;/h3-5,7H,6,12H2,1-2H3;1H. The molecule has 2 heterocycles. The fourth-order valence-electron chi connectivity index (χ4n) is 1.57. The van der Waals surface area contributed by atoms with Crippen molar-refractivity contribution in [1.82, 2.24) is 14.5 Å². The van der Waals surface area contributed by atoms with E-state index in [1.807, 2.05) is 36.7 Å². The summed E-state index contributed by atoms with van der Waals surface area (Å²) in [4.78, 5) is 8.63. The fraction of sp³-hybridized carbons (Fsp3) is 0.273. The Morgan fingerprint density at radius 1 is 1.38 bits per heavy atom. The van der Waals surface area contributed by atoms with Crippen LogP contribution >= 0.6 is 12.4 Å². The number of rotatable bonds is 2. The van der Waals surface area contributed by atoms with Crippen LogP contribution in [-0.2, 0) is 6.54 Å². The average Bonchev–Trinajstić information content (AvgIpc) is 2.58. The number of hydrogen-bond donors (Lipinski definition) is 1. The highest BCUT2D eigenvalue weighted by molar-refractivity contribution is 5.85. The molecule has 0 aliphatic carbocycles. The Morgan fingerprint density at radius 3 is 2.69 bits per heavy atom. The molecule has 0 fully saturated rings. The molecule has 0 aliphatic rings. The van der Waals surface area contributed by atoms with E-state index < -0.39 is 0 Å². The van der Waals surface area contributed by atoms with E-state index in [9.17, 15) is 0 Å². The number of nitrogens with zero attached hydrogens (tertiary/aromatic N) is 3. The van der Waals surface area contributed by atoms with Gasteiger partial charge in [-0.25, -0.2) is 9.97 Å². The normalized spacial score (nSPS) is 9.94. The van der Waals surface area contributed by atoms with Crippen LogP contribution in [0.15, 0.2) is 24.5 Å². The quantitative estimate of drug-likeness (QED) is 0.868. The predicted octanol–water partition coefficient (Wildman–Crippen LogP) is 1.76. The maximum Gasteiger partial charge on any atom is 0.138 e. The Balaban J connectivity index is 0.00000128. The molecular formula is C11H15ClN4. The summed E-state index contributed by atoms with van der Waals surface area (Å²) in [6, 6.07) is 3.90. The molecule has 0 saturated heterocycles. The third-order valence-corrected chi connectivity index (χ3v) is 2.30. The maximum absolute atomic E-state index is 5.59. The van der Waals surface area contributed by atoms with Gasteiger partial charge in [0.2, 0.25) is 0 Å². The van der Waals surface area contributed by atoms with Gasteiger partial charge in [0.05, 0.1) is 5.69 Å². The van der Waals surface area contributed by atoms with Gasteiger partial charge < -0.3 is 5.73 Å². The van der Waals surface area contributed by atoms with Crippen LogP contribution in [0.4, 0.5) is 0 Å². The molecule has 0 unspecified atom stereocenters. The zero-order valence-electron chi connectivity index (χ0n) is 9.34. The minimum Gasteiger partial charge on any atom is -0.326 e. The highest BCUT2D eigenvalue weighted by atomic mass is 35.5. The van der Waals surface area contributed by atoms with Crippen LogP contribution in [0, 0.1) is 13.8 Å². The average molecular weight is 239 g/mol. The van der Waals surface area contributed by atoms with Crippen molar-refractivity contribution in [1.29, 1.82) is 0 Å². The van der Waals surface area contributed by atoms with Gasteiger partial charge in [-0.1, -0.05) is 0 Å². The van der Waals surface area contributed by atoms with E-state index in [1.165, 1.54) is 0 Å². The second-order valence-electron chi connectivity index (χ2n) is 3.53. The lowest BCUT2D eigenvalue weighted by molar-refractivity contribution is 0.921.